The molecule has 9 atom stereocenters. The molecule has 3 aliphatic carbocycles. The Bertz CT molecular complexity index is 2180. The van der Waals surface area contributed by atoms with E-state index in [0.717, 1.165) is 34.3 Å². The maximum absolute atomic E-state index is 14.4. The number of methoxy groups -OCH3 is 1. The van der Waals surface area contributed by atoms with E-state index in [2.05, 4.69) is 72.3 Å². The first-order valence-corrected chi connectivity index (χ1v) is 21.5. The minimum atomic E-state index is -0.907. The van der Waals surface area contributed by atoms with E-state index in [0.29, 0.717) is 42.0 Å². The van der Waals surface area contributed by atoms with Crippen LogP contribution in [0.25, 0.3) is 22.0 Å². The summed E-state index contributed by atoms with van der Waals surface area (Å²) in [6.07, 6.45) is 3.28. The molecule has 12 nitrogen and oxygen atoms in total. The molecule has 2 amide bonds. The van der Waals surface area contributed by atoms with Crippen molar-refractivity contribution in [1.82, 2.24) is 25.2 Å². The lowest BCUT2D eigenvalue weighted by Gasteiger charge is -2.62. The second-order valence-electron chi connectivity index (χ2n) is 18.8. The van der Waals surface area contributed by atoms with Crippen molar-refractivity contribution in [3.8, 4) is 16.9 Å². The van der Waals surface area contributed by atoms with Crippen LogP contribution in [-0.4, -0.2) is 115 Å². The number of aryl methyl sites for hydroxylation is 1. The van der Waals surface area contributed by atoms with Crippen LogP contribution in [-0.2, 0) is 29.6 Å². The highest BCUT2D eigenvalue weighted by molar-refractivity contribution is 5.97. The van der Waals surface area contributed by atoms with Gasteiger partial charge in [-0.3, -0.25) is 14.4 Å². The molecule has 1 saturated heterocycles. The number of aromatic nitrogens is 1. The van der Waals surface area contributed by atoms with Gasteiger partial charge in [-0.2, -0.15) is 5.06 Å². The number of carbonyl (C=O) groups excluding carboxylic acids is 2. The van der Waals surface area contributed by atoms with E-state index in [4.69, 9.17) is 9.57 Å². The summed E-state index contributed by atoms with van der Waals surface area (Å²) in [4.78, 5) is 39.0. The van der Waals surface area contributed by atoms with Crippen molar-refractivity contribution in [2.75, 3.05) is 53.4 Å². The Hall–Kier alpha value is -4.46. The number of aliphatic hydroxyl groups is 2. The molecule has 3 aromatic carbocycles. The number of amides is 2. The van der Waals surface area contributed by atoms with Crippen molar-refractivity contribution in [2.45, 2.75) is 83.8 Å². The van der Waals surface area contributed by atoms with Gasteiger partial charge in [-0.15, -0.1) is 0 Å². The smallest absolute Gasteiger partial charge is 0.251 e. The van der Waals surface area contributed by atoms with Gasteiger partial charge in [0.15, 0.2) is 0 Å². The first kappa shape index (κ1) is 43.6. The molecule has 12 heteroatoms. The molecule has 4 aliphatic rings. The van der Waals surface area contributed by atoms with Gasteiger partial charge in [-0.05, 0) is 98.8 Å². The summed E-state index contributed by atoms with van der Waals surface area (Å²) in [6, 6.07) is 19.1. The largest absolute Gasteiger partial charge is 0.496 e. The number of anilines is 1. The predicted octanol–water partition coefficient (Wildman–Crippen LogP) is 5.48. The number of hydroxylamine groups is 2. The summed E-state index contributed by atoms with van der Waals surface area (Å²) in [6.45, 7) is 9.05. The molecule has 0 spiro atoms. The predicted molar refractivity (Wildman–Crippen MR) is 237 cm³/mol. The van der Waals surface area contributed by atoms with E-state index >= 15 is 0 Å². The highest BCUT2D eigenvalue weighted by Crippen LogP contribution is 2.61. The standard InChI is InChI=1S/C48H66N6O6/c1-28-39-22-34(48(39,3)4)23-40(28)50-47(58)44-43(29(2)56)42(27-55)60-54(44)25-30-14-13-16-38(45(30)59-10)31-18-32(21-36(20-31)52(7)8)46(57)49-35(26-51(5)6)19-33-24-53(9)41-17-12-11-15-37(33)41/h11-18,20-21,24,28-29,34-35,39-40,42-44,55-56H,19,22-23,25-27H2,1-10H3,(H,49,57)(H,50,58)/t28-,29-,34+,35+,39-,40-,42-,43-,44-/m0/s1. The zero-order valence-corrected chi connectivity index (χ0v) is 37.1. The van der Waals surface area contributed by atoms with Gasteiger partial charge < -0.3 is 40.0 Å². The fourth-order valence-corrected chi connectivity index (χ4v) is 10.7. The van der Waals surface area contributed by atoms with Crippen LogP contribution in [0.5, 0.6) is 5.75 Å². The minimum Gasteiger partial charge on any atom is -0.496 e. The summed E-state index contributed by atoms with van der Waals surface area (Å²) >= 11 is 0. The third-order valence-corrected chi connectivity index (χ3v) is 14.1. The number of benzene rings is 3. The number of nitrogens with zero attached hydrogens (tertiary/aromatic N) is 4. The van der Waals surface area contributed by atoms with Crippen LogP contribution in [0.1, 0.15) is 62.0 Å². The van der Waals surface area contributed by atoms with Crippen molar-refractivity contribution in [1.29, 1.82) is 0 Å². The van der Waals surface area contributed by atoms with Gasteiger partial charge in [0, 0.05) is 85.2 Å². The lowest BCUT2D eigenvalue weighted by atomic mass is 9.45. The molecular weight excluding hydrogens is 757 g/mol. The Morgan fingerprint density at radius 2 is 1.78 bits per heavy atom. The molecule has 60 heavy (non-hydrogen) atoms. The first-order chi connectivity index (χ1) is 28.5. The number of carbonyl (C=O) groups is 2. The molecule has 1 aromatic heterocycles. The van der Waals surface area contributed by atoms with Crippen LogP contribution in [0.15, 0.2) is 66.9 Å². The van der Waals surface area contributed by atoms with Crippen LogP contribution in [0.4, 0.5) is 5.69 Å². The topological polar surface area (TPSA) is 132 Å². The average Bonchev–Trinajstić information content (AvgIpc) is 3.74. The minimum absolute atomic E-state index is 0.0311. The highest BCUT2D eigenvalue weighted by atomic mass is 16.7. The molecule has 4 N–H and O–H groups in total. The number of fused-ring (bicyclic) bond motifs is 3. The molecule has 2 bridgehead atoms. The van der Waals surface area contributed by atoms with Gasteiger partial charge in [0.2, 0.25) is 5.91 Å². The van der Waals surface area contributed by atoms with Crippen LogP contribution >= 0.6 is 0 Å². The van der Waals surface area contributed by atoms with E-state index in [1.54, 1.807) is 19.1 Å². The Kier molecular flexibility index (Phi) is 12.7. The maximum Gasteiger partial charge on any atom is 0.251 e. The fraction of sp³-hybridized carbons (Fsp3) is 0.542. The Morgan fingerprint density at radius 1 is 1.03 bits per heavy atom. The summed E-state index contributed by atoms with van der Waals surface area (Å²) in [5, 5.41) is 31.0. The molecule has 4 fully saturated rings. The van der Waals surface area contributed by atoms with E-state index in [1.807, 2.05) is 75.6 Å². The van der Waals surface area contributed by atoms with Gasteiger partial charge in [0.1, 0.15) is 17.9 Å². The van der Waals surface area contributed by atoms with Gasteiger partial charge in [-0.25, -0.2) is 0 Å². The zero-order chi connectivity index (χ0) is 43.2. The van der Waals surface area contributed by atoms with Crippen LogP contribution < -0.4 is 20.3 Å². The van der Waals surface area contributed by atoms with E-state index < -0.39 is 24.2 Å². The summed E-state index contributed by atoms with van der Waals surface area (Å²) in [5.41, 5.74) is 6.31. The second-order valence-corrected chi connectivity index (χ2v) is 18.8. The number of likely N-dealkylation sites (N-methyl/N-ethyl adjacent to an activating group) is 1. The molecule has 3 saturated carbocycles. The van der Waals surface area contributed by atoms with Crippen LogP contribution in [0.3, 0.4) is 0 Å². The number of hydrogen-bond acceptors (Lipinski definition) is 9. The number of aliphatic hydroxyl groups excluding tert-OH is 2. The van der Waals surface area contributed by atoms with Crippen molar-refractivity contribution < 1.29 is 29.4 Å². The van der Waals surface area contributed by atoms with Gasteiger partial charge in [0.05, 0.1) is 26.4 Å². The summed E-state index contributed by atoms with van der Waals surface area (Å²) < 4.78 is 8.28. The first-order valence-electron chi connectivity index (χ1n) is 21.5. The maximum atomic E-state index is 14.4. The molecule has 0 radical (unpaired) electrons. The van der Waals surface area contributed by atoms with Gasteiger partial charge in [0.25, 0.3) is 5.91 Å². The number of nitrogens with one attached hydrogen (secondary N) is 2. The number of ether oxygens (including phenoxy) is 1. The van der Waals surface area contributed by atoms with Gasteiger partial charge in [-0.1, -0.05) is 57.2 Å². The summed E-state index contributed by atoms with van der Waals surface area (Å²) in [5.74, 6) is 0.996. The third-order valence-electron chi connectivity index (χ3n) is 14.1. The van der Waals surface area contributed by atoms with Crippen molar-refractivity contribution >= 4 is 28.4 Å². The van der Waals surface area contributed by atoms with Crippen molar-refractivity contribution in [2.24, 2.45) is 36.1 Å². The molecule has 2 heterocycles. The van der Waals surface area contributed by atoms with E-state index in [1.165, 1.54) is 17.4 Å². The average molecular weight is 823 g/mol. The molecule has 0 unspecified atom stereocenters. The van der Waals surface area contributed by atoms with Crippen molar-refractivity contribution in [3.63, 3.8) is 0 Å². The van der Waals surface area contributed by atoms with Crippen molar-refractivity contribution in [3.05, 3.63) is 83.6 Å². The Morgan fingerprint density at radius 3 is 2.43 bits per heavy atom. The third kappa shape index (κ3) is 8.41. The number of rotatable bonds is 15. The van der Waals surface area contributed by atoms with E-state index in [9.17, 15) is 19.8 Å². The number of hydrogen-bond donors (Lipinski definition) is 4. The fourth-order valence-electron chi connectivity index (χ4n) is 10.7. The monoisotopic (exact) mass is 823 g/mol. The SMILES string of the molecule is COc1c(CN2O[C@@H](CO)[C@H]([C@H](C)O)[C@H]2C(=O)N[C@H]2C[C@H]3C[C@@H]([C@@H]2C)C3(C)C)cccc1-c1cc(C(=O)N[C@H](Cc2cn(C)c3ccccc23)CN(C)C)cc(N(C)C)c1. The zero-order valence-electron chi connectivity index (χ0n) is 37.1. The quantitative estimate of drug-likeness (QED) is 0.123. The van der Waals surface area contributed by atoms with Crippen LogP contribution in [0, 0.1) is 29.1 Å². The second kappa shape index (κ2) is 17.5. The van der Waals surface area contributed by atoms with Gasteiger partial charge >= 0.3 is 0 Å². The molecule has 8 rings (SSSR count). The normalized spacial score (nSPS) is 25.8. The lowest BCUT2D eigenvalue weighted by molar-refractivity contribution is -0.183. The molecule has 324 valence electrons. The van der Waals surface area contributed by atoms with Crippen LogP contribution in [0.2, 0.25) is 0 Å². The molecule has 4 aromatic rings. The van der Waals surface area contributed by atoms with E-state index in [-0.39, 0.29) is 42.5 Å². The molecule has 1 aliphatic heterocycles. The molecular formula is C48H66N6O6. The summed E-state index contributed by atoms with van der Waals surface area (Å²) in [7, 11) is 11.6. The lowest BCUT2D eigenvalue weighted by Crippen LogP contribution is -2.62. The Labute approximate surface area is 355 Å². The number of para-hydroxylation sites is 2. The Balaban J connectivity index is 1.16. The highest BCUT2D eigenvalue weighted by Gasteiger charge is 2.57.